The number of hydrogen-bond acceptors (Lipinski definition) is 4. The van der Waals surface area contributed by atoms with E-state index in [0.29, 0.717) is 17.9 Å². The van der Waals surface area contributed by atoms with Crippen molar-refractivity contribution in [1.82, 2.24) is 9.55 Å². The quantitative estimate of drug-likeness (QED) is 0.372. The standard InChI is InChI=1S/C12H10ClN3O3/c13-5-1-2-6-15-8-14-11-4-3-9(16(18)19)7-10(11)12(15)17/h1-4,7-8H,5-6H2. The minimum Gasteiger partial charge on any atom is -0.295 e. The topological polar surface area (TPSA) is 78.0 Å². The summed E-state index contributed by atoms with van der Waals surface area (Å²) in [4.78, 5) is 26.4. The summed E-state index contributed by atoms with van der Waals surface area (Å²) in [6, 6.07) is 4.03. The molecule has 0 atom stereocenters. The molecular weight excluding hydrogens is 270 g/mol. The van der Waals surface area contributed by atoms with Gasteiger partial charge in [0.25, 0.3) is 11.2 Å². The number of hydrogen-bond donors (Lipinski definition) is 0. The predicted molar refractivity (Wildman–Crippen MR) is 72.5 cm³/mol. The Hall–Kier alpha value is -2.21. The molecule has 1 aromatic heterocycles. The molecule has 1 aromatic carbocycles. The zero-order valence-corrected chi connectivity index (χ0v) is 10.6. The minimum atomic E-state index is -0.538. The number of fused-ring (bicyclic) bond motifs is 1. The fourth-order valence-corrected chi connectivity index (χ4v) is 1.77. The Morgan fingerprint density at radius 1 is 1.42 bits per heavy atom. The lowest BCUT2D eigenvalue weighted by Crippen LogP contribution is -2.20. The monoisotopic (exact) mass is 279 g/mol. The second-order valence-electron chi connectivity index (χ2n) is 3.79. The Labute approximate surface area is 113 Å². The van der Waals surface area contributed by atoms with Crippen molar-refractivity contribution in [1.29, 1.82) is 0 Å². The smallest absolute Gasteiger partial charge is 0.270 e. The first-order valence-corrected chi connectivity index (χ1v) is 6.01. The number of halogens is 1. The number of nitro groups is 1. The van der Waals surface area contributed by atoms with Crippen LogP contribution in [0.1, 0.15) is 0 Å². The number of rotatable bonds is 4. The van der Waals surface area contributed by atoms with Gasteiger partial charge in [-0.3, -0.25) is 19.5 Å². The van der Waals surface area contributed by atoms with Crippen LogP contribution in [-0.4, -0.2) is 20.4 Å². The van der Waals surface area contributed by atoms with Crippen molar-refractivity contribution in [3.8, 4) is 0 Å². The summed E-state index contributed by atoms with van der Waals surface area (Å²) in [6.45, 7) is 0.331. The van der Waals surface area contributed by atoms with Gasteiger partial charge in [0.1, 0.15) is 0 Å². The van der Waals surface area contributed by atoms with Crippen molar-refractivity contribution >= 4 is 28.2 Å². The highest BCUT2D eigenvalue weighted by Gasteiger charge is 2.10. The first kappa shape index (κ1) is 13.2. The lowest BCUT2D eigenvalue weighted by molar-refractivity contribution is -0.384. The Bertz CT molecular complexity index is 709. The van der Waals surface area contributed by atoms with E-state index >= 15 is 0 Å². The number of alkyl halides is 1. The number of non-ortho nitro benzene ring substituents is 1. The molecular formula is C12H10ClN3O3. The van der Waals surface area contributed by atoms with E-state index in [0.717, 1.165) is 0 Å². The summed E-state index contributed by atoms with van der Waals surface area (Å²) in [5.74, 6) is 0.362. The molecule has 2 rings (SSSR count). The van der Waals surface area contributed by atoms with Gasteiger partial charge in [0.05, 0.1) is 22.2 Å². The average Bonchev–Trinajstić information content (AvgIpc) is 2.41. The normalized spacial score (nSPS) is 11.2. The van der Waals surface area contributed by atoms with Gasteiger partial charge in [-0.2, -0.15) is 0 Å². The van der Waals surface area contributed by atoms with Crippen LogP contribution in [0.15, 0.2) is 41.5 Å². The van der Waals surface area contributed by atoms with Gasteiger partial charge in [0.15, 0.2) is 0 Å². The molecule has 0 saturated heterocycles. The fourth-order valence-electron chi connectivity index (χ4n) is 1.64. The minimum absolute atomic E-state index is 0.125. The molecule has 0 bridgehead atoms. The Morgan fingerprint density at radius 3 is 2.89 bits per heavy atom. The highest BCUT2D eigenvalue weighted by Crippen LogP contribution is 2.16. The van der Waals surface area contributed by atoms with Crippen molar-refractivity contribution in [2.45, 2.75) is 6.54 Å². The van der Waals surface area contributed by atoms with E-state index < -0.39 is 4.92 Å². The molecule has 0 radical (unpaired) electrons. The third kappa shape index (κ3) is 2.79. The van der Waals surface area contributed by atoms with Crippen molar-refractivity contribution < 1.29 is 4.92 Å². The number of aromatic nitrogens is 2. The predicted octanol–water partition coefficient (Wildman–Crippen LogP) is 2.10. The summed E-state index contributed by atoms with van der Waals surface area (Å²) in [5.41, 5.74) is 0.00143. The molecule has 6 nitrogen and oxygen atoms in total. The molecule has 98 valence electrons. The van der Waals surface area contributed by atoms with Gasteiger partial charge in [-0.1, -0.05) is 12.2 Å². The molecule has 0 N–H and O–H groups in total. The van der Waals surface area contributed by atoms with Crippen molar-refractivity contribution in [2.24, 2.45) is 0 Å². The number of benzene rings is 1. The molecule has 0 aliphatic rings. The van der Waals surface area contributed by atoms with Gasteiger partial charge < -0.3 is 0 Å². The summed E-state index contributed by atoms with van der Waals surface area (Å²) in [6.07, 6.45) is 4.86. The van der Waals surface area contributed by atoms with Crippen molar-refractivity contribution in [3.63, 3.8) is 0 Å². The zero-order valence-electron chi connectivity index (χ0n) is 9.82. The van der Waals surface area contributed by atoms with E-state index in [1.807, 2.05) is 0 Å². The summed E-state index contributed by atoms with van der Waals surface area (Å²) >= 11 is 5.49. The second kappa shape index (κ2) is 5.62. The largest absolute Gasteiger partial charge is 0.295 e. The third-order valence-corrected chi connectivity index (χ3v) is 2.75. The molecule has 0 saturated carbocycles. The van der Waals surface area contributed by atoms with Crippen LogP contribution < -0.4 is 5.56 Å². The van der Waals surface area contributed by atoms with Gasteiger partial charge in [-0.05, 0) is 6.07 Å². The SMILES string of the molecule is O=c1c2cc([N+](=O)[O-])ccc2ncn1CC=CCCl. The molecule has 0 fully saturated rings. The molecule has 0 aliphatic heterocycles. The van der Waals surface area contributed by atoms with E-state index in [-0.39, 0.29) is 16.6 Å². The van der Waals surface area contributed by atoms with Gasteiger partial charge >= 0.3 is 0 Å². The number of allylic oxidation sites excluding steroid dienone is 2. The van der Waals surface area contributed by atoms with Crippen LogP contribution in [0, 0.1) is 10.1 Å². The maximum absolute atomic E-state index is 12.1. The lowest BCUT2D eigenvalue weighted by Gasteiger charge is -2.03. The Balaban J connectivity index is 2.52. The number of nitro benzene ring substituents is 1. The highest BCUT2D eigenvalue weighted by atomic mass is 35.5. The maximum Gasteiger partial charge on any atom is 0.270 e. The Morgan fingerprint density at radius 2 is 2.21 bits per heavy atom. The third-order valence-electron chi connectivity index (χ3n) is 2.58. The molecule has 0 spiro atoms. The van der Waals surface area contributed by atoms with Gasteiger partial charge in [0.2, 0.25) is 0 Å². The number of nitrogens with zero attached hydrogens (tertiary/aromatic N) is 3. The average molecular weight is 280 g/mol. The second-order valence-corrected chi connectivity index (χ2v) is 4.09. The van der Waals surface area contributed by atoms with Crippen LogP contribution in [0.5, 0.6) is 0 Å². The van der Waals surface area contributed by atoms with Gasteiger partial charge in [-0.15, -0.1) is 11.6 Å². The van der Waals surface area contributed by atoms with Crippen LogP contribution in [0.25, 0.3) is 10.9 Å². The van der Waals surface area contributed by atoms with E-state index in [9.17, 15) is 14.9 Å². The first-order chi connectivity index (χ1) is 9.13. The van der Waals surface area contributed by atoms with Gasteiger partial charge in [-0.25, -0.2) is 4.98 Å². The van der Waals surface area contributed by atoms with E-state index in [4.69, 9.17) is 11.6 Å². The molecule has 2 aromatic rings. The van der Waals surface area contributed by atoms with Gasteiger partial charge in [0, 0.05) is 24.6 Å². The maximum atomic E-state index is 12.1. The van der Waals surface area contributed by atoms with E-state index in [1.54, 1.807) is 12.2 Å². The van der Waals surface area contributed by atoms with Crippen LogP contribution in [0.3, 0.4) is 0 Å². The molecule has 0 amide bonds. The van der Waals surface area contributed by atoms with Crippen molar-refractivity contribution in [2.75, 3.05) is 5.88 Å². The Kier molecular flexibility index (Phi) is 3.91. The van der Waals surface area contributed by atoms with Crippen LogP contribution in [0.2, 0.25) is 0 Å². The first-order valence-electron chi connectivity index (χ1n) is 5.48. The van der Waals surface area contributed by atoms with Crippen molar-refractivity contribution in [3.05, 3.63) is 57.1 Å². The van der Waals surface area contributed by atoms with E-state index in [1.165, 1.54) is 29.1 Å². The van der Waals surface area contributed by atoms with Crippen LogP contribution in [-0.2, 0) is 6.54 Å². The summed E-state index contributed by atoms with van der Waals surface area (Å²) in [7, 11) is 0. The fraction of sp³-hybridized carbons (Fsp3) is 0.167. The molecule has 7 heteroatoms. The van der Waals surface area contributed by atoms with Crippen LogP contribution >= 0.6 is 11.6 Å². The summed E-state index contributed by atoms with van der Waals surface area (Å²) < 4.78 is 1.37. The zero-order chi connectivity index (χ0) is 13.8. The summed E-state index contributed by atoms with van der Waals surface area (Å²) in [5, 5.41) is 10.9. The molecule has 0 unspecified atom stereocenters. The molecule has 19 heavy (non-hydrogen) atoms. The van der Waals surface area contributed by atoms with Crippen LogP contribution in [0.4, 0.5) is 5.69 Å². The molecule has 1 heterocycles. The lowest BCUT2D eigenvalue weighted by atomic mass is 10.2. The molecule has 0 aliphatic carbocycles. The van der Waals surface area contributed by atoms with E-state index in [2.05, 4.69) is 4.98 Å². The highest BCUT2D eigenvalue weighted by molar-refractivity contribution is 6.18.